The smallest absolute Gasteiger partial charge is 0.278 e. The van der Waals surface area contributed by atoms with Crippen molar-refractivity contribution in [1.82, 2.24) is 30.4 Å². The first-order valence-electron chi connectivity index (χ1n) is 8.31. The summed E-state index contributed by atoms with van der Waals surface area (Å²) in [6, 6.07) is 10.6. The van der Waals surface area contributed by atoms with Gasteiger partial charge in [-0.2, -0.15) is 23.4 Å². The first kappa shape index (κ1) is 16.4. The third kappa shape index (κ3) is 2.51. The van der Waals surface area contributed by atoms with Crippen molar-refractivity contribution < 1.29 is 13.2 Å². The number of nitrogens with one attached hydrogen (secondary N) is 2. The summed E-state index contributed by atoms with van der Waals surface area (Å²) in [5.41, 5.74) is 1.76. The molecule has 0 saturated heterocycles. The van der Waals surface area contributed by atoms with Crippen molar-refractivity contribution in [2.75, 3.05) is 0 Å². The average Bonchev–Trinajstić information content (AvgIpc) is 3.36. The van der Waals surface area contributed by atoms with E-state index in [0.717, 1.165) is 22.5 Å². The summed E-state index contributed by atoms with van der Waals surface area (Å²) in [5, 5.41) is 14.2. The van der Waals surface area contributed by atoms with Gasteiger partial charge < -0.3 is 0 Å². The molecule has 0 spiro atoms. The molecule has 2 N–H and O–H groups in total. The lowest BCUT2D eigenvalue weighted by molar-refractivity contribution is -0.140. The molecule has 0 amide bonds. The highest BCUT2D eigenvalue weighted by Gasteiger charge is 2.36. The van der Waals surface area contributed by atoms with Gasteiger partial charge in [0, 0.05) is 22.5 Å². The van der Waals surface area contributed by atoms with E-state index in [1.807, 2.05) is 11.2 Å². The molecule has 9 heteroatoms. The molecule has 0 unspecified atom stereocenters. The molecule has 28 heavy (non-hydrogen) atoms. The van der Waals surface area contributed by atoms with E-state index in [4.69, 9.17) is 0 Å². The Morgan fingerprint density at radius 2 is 1.71 bits per heavy atom. The summed E-state index contributed by atoms with van der Waals surface area (Å²) in [6.45, 7) is 0. The van der Waals surface area contributed by atoms with Gasteiger partial charge in [0.1, 0.15) is 5.69 Å². The number of hydrogen-bond donors (Lipinski definition) is 2. The van der Waals surface area contributed by atoms with Crippen LogP contribution in [0.1, 0.15) is 5.69 Å². The van der Waals surface area contributed by atoms with E-state index in [-0.39, 0.29) is 11.3 Å². The zero-order valence-corrected chi connectivity index (χ0v) is 14.1. The second-order valence-corrected chi connectivity index (χ2v) is 6.22. The third-order valence-corrected chi connectivity index (χ3v) is 4.53. The fourth-order valence-electron chi connectivity index (χ4n) is 3.31. The Bertz CT molecular complexity index is 1300. The summed E-state index contributed by atoms with van der Waals surface area (Å²) in [4.78, 5) is 8.86. The molecule has 0 bridgehead atoms. The number of benzene rings is 1. The molecule has 0 aliphatic heterocycles. The lowest BCUT2D eigenvalue weighted by Crippen LogP contribution is -2.07. The minimum Gasteiger partial charge on any atom is -0.278 e. The molecular weight excluding hydrogens is 369 g/mol. The Labute approximate surface area is 155 Å². The van der Waals surface area contributed by atoms with Crippen LogP contribution >= 0.6 is 0 Å². The predicted octanol–water partition coefficient (Wildman–Crippen LogP) is 4.58. The Morgan fingerprint density at radius 1 is 0.857 bits per heavy atom. The normalized spacial score (nSPS) is 12.1. The van der Waals surface area contributed by atoms with Gasteiger partial charge in [0.25, 0.3) is 0 Å². The van der Waals surface area contributed by atoms with Crippen molar-refractivity contribution >= 4 is 21.8 Å². The summed E-state index contributed by atoms with van der Waals surface area (Å²) in [6.07, 6.45) is -0.127. The molecule has 138 valence electrons. The summed E-state index contributed by atoms with van der Waals surface area (Å²) < 4.78 is 40.0. The van der Waals surface area contributed by atoms with Crippen molar-refractivity contribution in [1.29, 1.82) is 0 Å². The molecule has 0 fully saturated rings. The van der Waals surface area contributed by atoms with Gasteiger partial charge in [0.15, 0.2) is 0 Å². The second-order valence-electron chi connectivity index (χ2n) is 6.22. The molecule has 0 radical (unpaired) electrons. The standard InChI is InChI=1S/C19H11F3N6/c20-19(21,22)18-12(9-25-28-18)16-7-10(13-3-1-2-6-23-13)17-11-8-24-27-14(11)4-5-15(17)26-16/h1-9H,(H,24,27)(H,25,28). The number of pyridine rings is 2. The highest BCUT2D eigenvalue weighted by molar-refractivity contribution is 6.12. The van der Waals surface area contributed by atoms with Crippen LogP contribution in [0.15, 0.2) is 55.0 Å². The van der Waals surface area contributed by atoms with E-state index in [2.05, 4.69) is 25.3 Å². The highest BCUT2D eigenvalue weighted by Crippen LogP contribution is 2.39. The Balaban J connectivity index is 1.87. The monoisotopic (exact) mass is 380 g/mol. The lowest BCUT2D eigenvalue weighted by Gasteiger charge is -2.11. The maximum atomic E-state index is 13.3. The number of rotatable bonds is 2. The van der Waals surface area contributed by atoms with E-state index >= 15 is 0 Å². The van der Waals surface area contributed by atoms with Crippen LogP contribution in [0.5, 0.6) is 0 Å². The molecule has 4 aromatic heterocycles. The number of aromatic nitrogens is 6. The van der Waals surface area contributed by atoms with Gasteiger partial charge in [-0.05, 0) is 30.3 Å². The molecule has 0 aliphatic rings. The van der Waals surface area contributed by atoms with Crippen LogP contribution in [-0.2, 0) is 6.18 Å². The molecule has 0 atom stereocenters. The van der Waals surface area contributed by atoms with Crippen molar-refractivity contribution in [3.8, 4) is 22.5 Å². The molecular formula is C19H11F3N6. The minimum atomic E-state index is -4.57. The van der Waals surface area contributed by atoms with Gasteiger partial charge in [0.2, 0.25) is 0 Å². The Kier molecular flexibility index (Phi) is 3.45. The summed E-state index contributed by atoms with van der Waals surface area (Å²) in [5.74, 6) is 0. The maximum absolute atomic E-state index is 13.3. The zero-order valence-electron chi connectivity index (χ0n) is 14.1. The number of halogens is 3. The van der Waals surface area contributed by atoms with E-state index in [1.165, 1.54) is 0 Å². The topological polar surface area (TPSA) is 83.1 Å². The number of H-pyrrole nitrogens is 2. The molecule has 0 aliphatic carbocycles. The number of nitrogens with zero attached hydrogens (tertiary/aromatic N) is 4. The van der Waals surface area contributed by atoms with Gasteiger partial charge in [-0.3, -0.25) is 15.2 Å². The van der Waals surface area contributed by atoms with Gasteiger partial charge in [-0.25, -0.2) is 4.98 Å². The van der Waals surface area contributed by atoms with Crippen LogP contribution in [0.2, 0.25) is 0 Å². The summed E-state index contributed by atoms with van der Waals surface area (Å²) >= 11 is 0. The van der Waals surface area contributed by atoms with E-state index in [9.17, 15) is 13.2 Å². The van der Waals surface area contributed by atoms with Crippen molar-refractivity contribution in [2.24, 2.45) is 0 Å². The lowest BCUT2D eigenvalue weighted by atomic mass is 9.99. The maximum Gasteiger partial charge on any atom is 0.433 e. The zero-order chi connectivity index (χ0) is 19.3. The van der Waals surface area contributed by atoms with E-state index in [1.54, 1.807) is 42.7 Å². The fraction of sp³-hybridized carbons (Fsp3) is 0.0526. The molecule has 5 rings (SSSR count). The summed E-state index contributed by atoms with van der Waals surface area (Å²) in [7, 11) is 0. The quantitative estimate of drug-likeness (QED) is 0.470. The van der Waals surface area contributed by atoms with Gasteiger partial charge in [0.05, 0.1) is 40.4 Å². The first-order valence-corrected chi connectivity index (χ1v) is 8.31. The van der Waals surface area contributed by atoms with Crippen molar-refractivity contribution in [3.63, 3.8) is 0 Å². The third-order valence-electron chi connectivity index (χ3n) is 4.53. The SMILES string of the molecule is FC(F)(F)c1[nH]ncc1-c1cc(-c2ccccn2)c2c(ccc3[nH]ncc32)n1. The van der Waals surface area contributed by atoms with Crippen LogP contribution in [0.4, 0.5) is 13.2 Å². The van der Waals surface area contributed by atoms with Crippen LogP contribution in [0.3, 0.4) is 0 Å². The Hall–Kier alpha value is -3.75. The number of alkyl halides is 3. The highest BCUT2D eigenvalue weighted by atomic mass is 19.4. The molecule has 5 aromatic rings. The second kappa shape index (κ2) is 5.88. The predicted molar refractivity (Wildman–Crippen MR) is 97.2 cm³/mol. The minimum absolute atomic E-state index is 0.112. The van der Waals surface area contributed by atoms with Gasteiger partial charge >= 0.3 is 6.18 Å². The largest absolute Gasteiger partial charge is 0.433 e. The van der Waals surface area contributed by atoms with Gasteiger partial charge in [-0.1, -0.05) is 6.07 Å². The molecule has 1 aromatic carbocycles. The first-order chi connectivity index (χ1) is 13.5. The number of fused-ring (bicyclic) bond motifs is 3. The number of hydrogen-bond acceptors (Lipinski definition) is 4. The molecule has 6 nitrogen and oxygen atoms in total. The average molecular weight is 380 g/mol. The Morgan fingerprint density at radius 3 is 2.50 bits per heavy atom. The van der Waals surface area contributed by atoms with E-state index in [0.29, 0.717) is 16.8 Å². The van der Waals surface area contributed by atoms with Gasteiger partial charge in [-0.15, -0.1) is 0 Å². The van der Waals surface area contributed by atoms with Crippen LogP contribution in [0.25, 0.3) is 44.3 Å². The molecule has 0 saturated carbocycles. The van der Waals surface area contributed by atoms with Crippen LogP contribution in [0, 0.1) is 0 Å². The van der Waals surface area contributed by atoms with Crippen LogP contribution < -0.4 is 0 Å². The van der Waals surface area contributed by atoms with Crippen molar-refractivity contribution in [3.05, 3.63) is 60.7 Å². The molecule has 4 heterocycles. The van der Waals surface area contributed by atoms with Crippen molar-refractivity contribution in [2.45, 2.75) is 6.18 Å². The fourth-order valence-corrected chi connectivity index (χ4v) is 3.31. The van der Waals surface area contributed by atoms with Crippen LogP contribution in [-0.4, -0.2) is 30.4 Å². The number of aromatic amines is 2. The van der Waals surface area contributed by atoms with E-state index < -0.39 is 11.9 Å².